The number of benzene rings is 1. The zero-order valence-corrected chi connectivity index (χ0v) is 14.5. The van der Waals surface area contributed by atoms with Gasteiger partial charge in [0.2, 0.25) is 5.91 Å². The van der Waals surface area contributed by atoms with Crippen LogP contribution < -0.4 is 14.8 Å². The molecule has 130 valence electrons. The normalized spacial score (nSPS) is 11.8. The van der Waals surface area contributed by atoms with Gasteiger partial charge in [-0.1, -0.05) is 11.3 Å². The predicted molar refractivity (Wildman–Crippen MR) is 93.1 cm³/mol. The van der Waals surface area contributed by atoms with Gasteiger partial charge in [-0.25, -0.2) is 0 Å². The molecule has 2 heterocycles. The SMILES string of the molecule is COc1ccc(NC(=O)[C@@H](Cc2cccs2)c2nn[nH]n2)cc1OC. The van der Waals surface area contributed by atoms with E-state index in [4.69, 9.17) is 9.47 Å². The average Bonchev–Trinajstić information content (AvgIpc) is 3.33. The molecule has 2 aromatic heterocycles. The molecule has 1 aromatic carbocycles. The van der Waals surface area contributed by atoms with Crippen LogP contribution in [0.25, 0.3) is 0 Å². The molecule has 1 amide bonds. The van der Waals surface area contributed by atoms with E-state index in [1.807, 2.05) is 17.5 Å². The van der Waals surface area contributed by atoms with Crippen LogP contribution in [-0.2, 0) is 11.2 Å². The summed E-state index contributed by atoms with van der Waals surface area (Å²) in [6, 6.07) is 9.10. The van der Waals surface area contributed by atoms with E-state index < -0.39 is 5.92 Å². The standard InChI is InChI=1S/C16H17N5O3S/c1-23-13-6-5-10(8-14(13)24-2)17-16(22)12(15-18-20-21-19-15)9-11-4-3-7-25-11/h3-8,12H,9H2,1-2H3,(H,17,22)(H,18,19,20,21)/t12-/m0/s1. The number of aromatic amines is 1. The molecule has 25 heavy (non-hydrogen) atoms. The third-order valence-corrected chi connectivity index (χ3v) is 4.53. The van der Waals surface area contributed by atoms with E-state index in [1.54, 1.807) is 43.8 Å². The summed E-state index contributed by atoms with van der Waals surface area (Å²) in [5, 5.41) is 18.8. The minimum atomic E-state index is -0.550. The monoisotopic (exact) mass is 359 g/mol. The molecule has 0 saturated heterocycles. The molecule has 2 N–H and O–H groups in total. The largest absolute Gasteiger partial charge is 0.493 e. The second kappa shape index (κ2) is 7.75. The number of hydrogen-bond acceptors (Lipinski definition) is 7. The molecule has 0 aliphatic carbocycles. The van der Waals surface area contributed by atoms with Crippen molar-refractivity contribution in [2.24, 2.45) is 0 Å². The van der Waals surface area contributed by atoms with Crippen LogP contribution in [0.15, 0.2) is 35.7 Å². The number of carbonyl (C=O) groups is 1. The molecule has 9 heteroatoms. The lowest BCUT2D eigenvalue weighted by molar-refractivity contribution is -0.117. The third-order valence-electron chi connectivity index (χ3n) is 3.63. The van der Waals surface area contributed by atoms with Crippen LogP contribution in [0.4, 0.5) is 5.69 Å². The fourth-order valence-electron chi connectivity index (χ4n) is 2.39. The van der Waals surface area contributed by atoms with Crippen LogP contribution in [-0.4, -0.2) is 40.8 Å². The van der Waals surface area contributed by atoms with Crippen molar-refractivity contribution < 1.29 is 14.3 Å². The van der Waals surface area contributed by atoms with Crippen LogP contribution in [0, 0.1) is 0 Å². The van der Waals surface area contributed by atoms with Gasteiger partial charge in [0, 0.05) is 23.1 Å². The van der Waals surface area contributed by atoms with Crippen molar-refractivity contribution in [2.45, 2.75) is 12.3 Å². The highest BCUT2D eigenvalue weighted by atomic mass is 32.1. The Labute approximate surface area is 148 Å². The molecule has 0 spiro atoms. The molecule has 1 atom stereocenters. The second-order valence-electron chi connectivity index (χ2n) is 5.17. The van der Waals surface area contributed by atoms with E-state index in [-0.39, 0.29) is 5.91 Å². The van der Waals surface area contributed by atoms with Crippen molar-refractivity contribution in [3.8, 4) is 11.5 Å². The number of amides is 1. The van der Waals surface area contributed by atoms with Crippen LogP contribution in [0.2, 0.25) is 0 Å². The Morgan fingerprint density at radius 3 is 2.76 bits per heavy atom. The summed E-state index contributed by atoms with van der Waals surface area (Å²) in [6.07, 6.45) is 0.496. The van der Waals surface area contributed by atoms with Crippen molar-refractivity contribution in [3.05, 3.63) is 46.4 Å². The summed E-state index contributed by atoms with van der Waals surface area (Å²) < 4.78 is 10.5. The fraction of sp³-hybridized carbons (Fsp3) is 0.250. The van der Waals surface area contributed by atoms with Gasteiger partial charge in [0.1, 0.15) is 5.92 Å². The van der Waals surface area contributed by atoms with E-state index in [0.717, 1.165) is 4.88 Å². The van der Waals surface area contributed by atoms with Crippen LogP contribution in [0.5, 0.6) is 11.5 Å². The van der Waals surface area contributed by atoms with Crippen molar-refractivity contribution in [3.63, 3.8) is 0 Å². The number of aromatic nitrogens is 4. The third kappa shape index (κ3) is 3.94. The Hall–Kier alpha value is -2.94. The van der Waals surface area contributed by atoms with E-state index in [1.165, 1.54) is 0 Å². The smallest absolute Gasteiger partial charge is 0.235 e. The lowest BCUT2D eigenvalue weighted by Gasteiger charge is -2.14. The molecule has 3 aromatic rings. The van der Waals surface area contributed by atoms with Gasteiger partial charge in [0.15, 0.2) is 17.3 Å². The minimum absolute atomic E-state index is 0.220. The molecule has 0 saturated carbocycles. The van der Waals surface area contributed by atoms with Gasteiger partial charge < -0.3 is 14.8 Å². The highest BCUT2D eigenvalue weighted by Crippen LogP contribution is 2.30. The van der Waals surface area contributed by atoms with E-state index >= 15 is 0 Å². The van der Waals surface area contributed by atoms with Crippen molar-refractivity contribution in [2.75, 3.05) is 19.5 Å². The molecule has 3 rings (SSSR count). The first-order valence-corrected chi connectivity index (χ1v) is 8.38. The zero-order chi connectivity index (χ0) is 17.6. The summed E-state index contributed by atoms with van der Waals surface area (Å²) >= 11 is 1.58. The molecular formula is C16H17N5O3S. The average molecular weight is 359 g/mol. The first-order valence-electron chi connectivity index (χ1n) is 7.50. The Kier molecular flexibility index (Phi) is 5.24. The highest BCUT2D eigenvalue weighted by Gasteiger charge is 2.26. The molecule has 0 radical (unpaired) electrons. The van der Waals surface area contributed by atoms with Gasteiger partial charge in [-0.2, -0.15) is 5.21 Å². The number of anilines is 1. The van der Waals surface area contributed by atoms with Crippen LogP contribution >= 0.6 is 11.3 Å². The molecule has 0 unspecified atom stereocenters. The number of carbonyl (C=O) groups excluding carboxylic acids is 1. The molecule has 0 aliphatic rings. The van der Waals surface area contributed by atoms with Crippen molar-refractivity contribution >= 4 is 22.9 Å². The van der Waals surface area contributed by atoms with Crippen LogP contribution in [0.3, 0.4) is 0 Å². The van der Waals surface area contributed by atoms with Crippen molar-refractivity contribution in [1.82, 2.24) is 20.6 Å². The lowest BCUT2D eigenvalue weighted by Crippen LogP contribution is -2.24. The van der Waals surface area contributed by atoms with Crippen LogP contribution in [0.1, 0.15) is 16.6 Å². The Morgan fingerprint density at radius 2 is 2.12 bits per heavy atom. The first-order chi connectivity index (χ1) is 12.2. The predicted octanol–water partition coefficient (Wildman–Crippen LogP) is 2.24. The summed E-state index contributed by atoms with van der Waals surface area (Å²) in [4.78, 5) is 13.9. The van der Waals surface area contributed by atoms with Gasteiger partial charge in [0.05, 0.1) is 14.2 Å². The fourth-order valence-corrected chi connectivity index (χ4v) is 3.14. The maximum absolute atomic E-state index is 12.8. The highest BCUT2D eigenvalue weighted by molar-refractivity contribution is 7.09. The summed E-state index contributed by atoms with van der Waals surface area (Å²) in [6.45, 7) is 0. The Bertz CT molecular complexity index is 820. The van der Waals surface area contributed by atoms with E-state index in [9.17, 15) is 4.79 Å². The van der Waals surface area contributed by atoms with Crippen molar-refractivity contribution in [1.29, 1.82) is 0 Å². The Balaban J connectivity index is 1.81. The number of nitrogens with one attached hydrogen (secondary N) is 2. The lowest BCUT2D eigenvalue weighted by atomic mass is 10.0. The van der Waals surface area contributed by atoms with Gasteiger partial charge in [-0.15, -0.1) is 21.5 Å². The number of methoxy groups -OCH3 is 2. The number of rotatable bonds is 7. The van der Waals surface area contributed by atoms with E-state index in [2.05, 4.69) is 25.9 Å². The quantitative estimate of drug-likeness (QED) is 0.671. The minimum Gasteiger partial charge on any atom is -0.493 e. The van der Waals surface area contributed by atoms with Gasteiger partial charge in [0.25, 0.3) is 0 Å². The number of hydrogen-bond donors (Lipinski definition) is 2. The van der Waals surface area contributed by atoms with Gasteiger partial charge in [-0.3, -0.25) is 4.79 Å². The molecule has 0 fully saturated rings. The molecule has 0 bridgehead atoms. The number of thiophene rings is 1. The number of H-pyrrole nitrogens is 1. The number of tetrazole rings is 1. The second-order valence-corrected chi connectivity index (χ2v) is 6.20. The Morgan fingerprint density at radius 1 is 1.28 bits per heavy atom. The number of ether oxygens (including phenoxy) is 2. The first kappa shape index (κ1) is 16.9. The maximum Gasteiger partial charge on any atom is 0.235 e. The zero-order valence-electron chi connectivity index (χ0n) is 13.7. The summed E-state index contributed by atoms with van der Waals surface area (Å²) in [5.74, 6) is 0.711. The topological polar surface area (TPSA) is 102 Å². The molecular weight excluding hydrogens is 342 g/mol. The summed E-state index contributed by atoms with van der Waals surface area (Å²) in [7, 11) is 3.10. The molecule has 0 aliphatic heterocycles. The number of nitrogens with zero attached hydrogens (tertiary/aromatic N) is 3. The van der Waals surface area contributed by atoms with Gasteiger partial charge in [-0.05, 0) is 23.6 Å². The van der Waals surface area contributed by atoms with E-state index in [0.29, 0.717) is 29.4 Å². The summed E-state index contributed by atoms with van der Waals surface area (Å²) in [5.41, 5.74) is 0.599. The van der Waals surface area contributed by atoms with Gasteiger partial charge >= 0.3 is 0 Å². The maximum atomic E-state index is 12.8. The molecule has 8 nitrogen and oxygen atoms in total.